The molecule has 0 aromatic carbocycles. The lowest BCUT2D eigenvalue weighted by atomic mass is 10.1. The molecule has 1 unspecified atom stereocenters. The third-order valence-corrected chi connectivity index (χ3v) is 5.05. The van der Waals surface area contributed by atoms with Crippen molar-refractivity contribution in [2.45, 2.75) is 31.7 Å². The standard InChI is InChI=1S/C15H16N4O3S/c20-19(21)14-13(16-15-18(14)8-10-23-15)17-7-3-1-2-5-11(17)12-6-4-9-22-12/h4,6,8-11H,1-3,5,7H2. The molecule has 3 aromatic heterocycles. The van der Waals surface area contributed by atoms with Crippen LogP contribution in [0.15, 0.2) is 34.4 Å². The summed E-state index contributed by atoms with van der Waals surface area (Å²) in [5.41, 5.74) is 0. The Kier molecular flexibility index (Phi) is 3.53. The van der Waals surface area contributed by atoms with Gasteiger partial charge in [0.05, 0.1) is 12.3 Å². The Morgan fingerprint density at radius 1 is 1.39 bits per heavy atom. The van der Waals surface area contributed by atoms with E-state index in [1.54, 1.807) is 16.9 Å². The van der Waals surface area contributed by atoms with Crippen LogP contribution in [0.5, 0.6) is 0 Å². The van der Waals surface area contributed by atoms with E-state index in [0.29, 0.717) is 10.8 Å². The van der Waals surface area contributed by atoms with E-state index in [4.69, 9.17) is 4.42 Å². The molecule has 1 saturated heterocycles. The number of rotatable bonds is 3. The highest BCUT2D eigenvalue weighted by atomic mass is 32.1. The van der Waals surface area contributed by atoms with Crippen molar-refractivity contribution >= 4 is 27.9 Å². The van der Waals surface area contributed by atoms with Crippen LogP contribution in [0.3, 0.4) is 0 Å². The number of fused-ring (bicyclic) bond motifs is 1. The van der Waals surface area contributed by atoms with E-state index in [1.807, 2.05) is 22.4 Å². The quantitative estimate of drug-likeness (QED) is 0.535. The number of anilines is 1. The van der Waals surface area contributed by atoms with Crippen molar-refractivity contribution in [2.24, 2.45) is 0 Å². The maximum atomic E-state index is 11.6. The number of nitro groups is 1. The van der Waals surface area contributed by atoms with Gasteiger partial charge in [-0.1, -0.05) is 24.2 Å². The normalized spacial score (nSPS) is 19.1. The molecule has 7 nitrogen and oxygen atoms in total. The maximum Gasteiger partial charge on any atom is 0.373 e. The van der Waals surface area contributed by atoms with Crippen LogP contribution in [-0.2, 0) is 0 Å². The van der Waals surface area contributed by atoms with Crippen LogP contribution >= 0.6 is 11.3 Å². The predicted octanol–water partition coefficient (Wildman–Crippen LogP) is 4.02. The van der Waals surface area contributed by atoms with E-state index < -0.39 is 0 Å². The van der Waals surface area contributed by atoms with Crippen LogP contribution < -0.4 is 4.90 Å². The van der Waals surface area contributed by atoms with Crippen molar-refractivity contribution in [2.75, 3.05) is 11.4 Å². The van der Waals surface area contributed by atoms with Gasteiger partial charge in [-0.3, -0.25) is 0 Å². The topological polar surface area (TPSA) is 76.8 Å². The zero-order chi connectivity index (χ0) is 15.8. The van der Waals surface area contributed by atoms with Crippen LogP contribution in [-0.4, -0.2) is 20.9 Å². The molecule has 0 radical (unpaired) electrons. The van der Waals surface area contributed by atoms with E-state index in [2.05, 4.69) is 4.98 Å². The molecule has 1 atom stereocenters. The highest BCUT2D eigenvalue weighted by Crippen LogP contribution is 2.39. The van der Waals surface area contributed by atoms with Gasteiger partial charge >= 0.3 is 5.82 Å². The fourth-order valence-corrected chi connectivity index (χ4v) is 3.97. The number of nitrogens with zero attached hydrogens (tertiary/aromatic N) is 4. The second-order valence-corrected chi connectivity index (χ2v) is 6.52. The lowest BCUT2D eigenvalue weighted by Gasteiger charge is -2.28. The van der Waals surface area contributed by atoms with Crippen LogP contribution in [0.25, 0.3) is 4.96 Å². The SMILES string of the molecule is O=[N+]([O-])c1c(N2CCCCCC2c2ccco2)nc2sccn12. The average Bonchev–Trinajstić information content (AvgIpc) is 3.21. The molecule has 0 amide bonds. The smallest absolute Gasteiger partial charge is 0.373 e. The summed E-state index contributed by atoms with van der Waals surface area (Å²) in [6.07, 6.45) is 7.46. The van der Waals surface area contributed by atoms with Gasteiger partial charge in [0, 0.05) is 11.9 Å². The van der Waals surface area contributed by atoms with Crippen molar-refractivity contribution in [1.29, 1.82) is 0 Å². The number of aromatic nitrogens is 2. The van der Waals surface area contributed by atoms with Crippen molar-refractivity contribution in [3.05, 3.63) is 45.8 Å². The number of imidazole rings is 1. The number of furan rings is 1. The molecule has 0 N–H and O–H groups in total. The van der Waals surface area contributed by atoms with Gasteiger partial charge in [-0.25, -0.2) is 0 Å². The minimum absolute atomic E-state index is 0.00388. The summed E-state index contributed by atoms with van der Waals surface area (Å²) in [6, 6.07) is 3.79. The summed E-state index contributed by atoms with van der Waals surface area (Å²) in [5.74, 6) is 1.34. The van der Waals surface area contributed by atoms with Crippen LogP contribution in [0.2, 0.25) is 0 Å². The first-order valence-corrected chi connectivity index (χ1v) is 8.53. The molecule has 1 aliphatic heterocycles. The van der Waals surface area contributed by atoms with Gasteiger partial charge in [0.1, 0.15) is 12.0 Å². The predicted molar refractivity (Wildman–Crippen MR) is 87.0 cm³/mol. The monoisotopic (exact) mass is 332 g/mol. The molecule has 120 valence electrons. The van der Waals surface area contributed by atoms with Gasteiger partial charge in [-0.05, 0) is 29.9 Å². The first-order chi connectivity index (χ1) is 11.3. The molecule has 0 saturated carbocycles. The van der Waals surface area contributed by atoms with E-state index in [9.17, 15) is 10.1 Å². The van der Waals surface area contributed by atoms with E-state index in [-0.39, 0.29) is 16.8 Å². The van der Waals surface area contributed by atoms with E-state index in [1.165, 1.54) is 11.3 Å². The lowest BCUT2D eigenvalue weighted by Crippen LogP contribution is -2.29. The second-order valence-electron chi connectivity index (χ2n) is 5.65. The maximum absolute atomic E-state index is 11.6. The zero-order valence-corrected chi connectivity index (χ0v) is 13.2. The highest BCUT2D eigenvalue weighted by Gasteiger charge is 2.34. The molecule has 0 spiro atoms. The number of thiazole rings is 1. The molecule has 0 bridgehead atoms. The Morgan fingerprint density at radius 2 is 2.30 bits per heavy atom. The summed E-state index contributed by atoms with van der Waals surface area (Å²) in [4.78, 5) is 18.5. The van der Waals surface area contributed by atoms with E-state index >= 15 is 0 Å². The second kappa shape index (κ2) is 5.69. The average molecular weight is 332 g/mol. The molecule has 23 heavy (non-hydrogen) atoms. The number of hydrogen-bond donors (Lipinski definition) is 0. The van der Waals surface area contributed by atoms with Crippen LogP contribution in [0.4, 0.5) is 11.6 Å². The summed E-state index contributed by atoms with van der Waals surface area (Å²) >= 11 is 1.40. The van der Waals surface area contributed by atoms with Crippen molar-refractivity contribution in [3.63, 3.8) is 0 Å². The summed E-state index contributed by atoms with van der Waals surface area (Å²) in [5, 5.41) is 13.4. The Bertz CT molecular complexity index is 823. The molecule has 1 aliphatic rings. The molecule has 8 heteroatoms. The summed E-state index contributed by atoms with van der Waals surface area (Å²) < 4.78 is 7.15. The Labute approximate surface area is 136 Å². The Morgan fingerprint density at radius 3 is 3.09 bits per heavy atom. The molecule has 3 aromatic rings. The van der Waals surface area contributed by atoms with Gasteiger partial charge in [-0.15, -0.1) is 0 Å². The Hall–Kier alpha value is -2.35. The van der Waals surface area contributed by atoms with Gasteiger partial charge in [0.15, 0.2) is 0 Å². The van der Waals surface area contributed by atoms with Crippen molar-refractivity contribution in [1.82, 2.24) is 9.38 Å². The summed E-state index contributed by atoms with van der Waals surface area (Å²) in [7, 11) is 0. The Balaban J connectivity index is 1.84. The first-order valence-electron chi connectivity index (χ1n) is 7.65. The van der Waals surface area contributed by atoms with Crippen molar-refractivity contribution < 1.29 is 9.34 Å². The first kappa shape index (κ1) is 14.3. The largest absolute Gasteiger partial charge is 0.467 e. The number of hydrogen-bond acceptors (Lipinski definition) is 6. The van der Waals surface area contributed by atoms with Crippen LogP contribution in [0.1, 0.15) is 37.5 Å². The molecule has 0 aliphatic carbocycles. The fraction of sp³-hybridized carbons (Fsp3) is 0.400. The minimum atomic E-state index is -0.341. The van der Waals surface area contributed by atoms with Gasteiger partial charge in [-0.2, -0.15) is 9.38 Å². The zero-order valence-electron chi connectivity index (χ0n) is 12.4. The third kappa shape index (κ3) is 2.39. The van der Waals surface area contributed by atoms with Crippen LogP contribution in [0, 0.1) is 10.1 Å². The van der Waals surface area contributed by atoms with Gasteiger partial charge in [0.2, 0.25) is 5.82 Å². The van der Waals surface area contributed by atoms with Gasteiger partial charge < -0.3 is 19.4 Å². The summed E-state index contributed by atoms with van der Waals surface area (Å²) in [6.45, 7) is 0.747. The molecule has 4 rings (SSSR count). The highest BCUT2D eigenvalue weighted by molar-refractivity contribution is 7.15. The molecular weight excluding hydrogens is 316 g/mol. The molecular formula is C15H16N4O3S. The lowest BCUT2D eigenvalue weighted by molar-refractivity contribution is -0.389. The third-order valence-electron chi connectivity index (χ3n) is 4.29. The molecule has 1 fully saturated rings. The van der Waals surface area contributed by atoms with E-state index in [0.717, 1.165) is 38.0 Å². The van der Waals surface area contributed by atoms with Gasteiger partial charge in [0.25, 0.3) is 4.96 Å². The molecule has 4 heterocycles. The van der Waals surface area contributed by atoms with Crippen molar-refractivity contribution in [3.8, 4) is 0 Å². The minimum Gasteiger partial charge on any atom is -0.467 e. The fourth-order valence-electron chi connectivity index (χ4n) is 3.26.